The first-order valence-electron chi connectivity index (χ1n) is 13.1. The Labute approximate surface area is 216 Å². The van der Waals surface area contributed by atoms with Gasteiger partial charge in [-0.25, -0.2) is 0 Å². The predicted octanol–water partition coefficient (Wildman–Crippen LogP) is 4.25. The lowest BCUT2D eigenvalue weighted by Crippen LogP contribution is -2.38. The van der Waals surface area contributed by atoms with Crippen molar-refractivity contribution >= 4 is 16.9 Å². The van der Waals surface area contributed by atoms with Crippen LogP contribution in [0.2, 0.25) is 0 Å². The van der Waals surface area contributed by atoms with Gasteiger partial charge in [0.2, 0.25) is 5.76 Å². The smallest absolute Gasteiger partial charge is 0.290 e. The number of nitrogens with zero attached hydrogens (tertiary/aromatic N) is 2. The molecule has 1 fully saturated rings. The van der Waals surface area contributed by atoms with Gasteiger partial charge < -0.3 is 23.5 Å². The van der Waals surface area contributed by atoms with Crippen molar-refractivity contribution in [1.29, 1.82) is 0 Å². The van der Waals surface area contributed by atoms with Gasteiger partial charge in [0, 0.05) is 32.2 Å². The lowest BCUT2D eigenvalue weighted by molar-refractivity contribution is 0.0353. The van der Waals surface area contributed by atoms with Crippen LogP contribution in [0, 0.1) is 0 Å². The second kappa shape index (κ2) is 10.9. The zero-order valence-corrected chi connectivity index (χ0v) is 21.7. The summed E-state index contributed by atoms with van der Waals surface area (Å²) in [5, 5.41) is 0.435. The lowest BCUT2D eigenvalue weighted by Gasteiger charge is -2.29. The summed E-state index contributed by atoms with van der Waals surface area (Å²) in [7, 11) is 0. The predicted molar refractivity (Wildman–Crippen MR) is 141 cm³/mol. The molecule has 1 aromatic heterocycles. The van der Waals surface area contributed by atoms with Crippen LogP contribution in [0.25, 0.3) is 11.0 Å². The van der Waals surface area contributed by atoms with Gasteiger partial charge in [-0.1, -0.05) is 12.1 Å². The van der Waals surface area contributed by atoms with E-state index in [4.69, 9.17) is 18.6 Å². The van der Waals surface area contributed by atoms with E-state index in [1.165, 1.54) is 0 Å². The van der Waals surface area contributed by atoms with Crippen LogP contribution in [0.15, 0.2) is 51.7 Å². The molecule has 1 saturated heterocycles. The number of carbonyl (C=O) groups excluding carboxylic acids is 1. The lowest BCUT2D eigenvalue weighted by atomic mass is 9.98. The molecule has 0 saturated carbocycles. The zero-order valence-electron chi connectivity index (χ0n) is 21.7. The number of carbonyl (C=O) groups is 1. The van der Waals surface area contributed by atoms with E-state index in [0.717, 1.165) is 44.8 Å². The molecule has 0 spiro atoms. The summed E-state index contributed by atoms with van der Waals surface area (Å²) in [6, 6.07) is 12.3. The van der Waals surface area contributed by atoms with Crippen molar-refractivity contribution in [2.75, 3.05) is 46.0 Å². The fourth-order valence-electron chi connectivity index (χ4n) is 5.15. The number of hydrogen-bond acceptors (Lipinski definition) is 7. The third kappa shape index (κ3) is 5.22. The van der Waals surface area contributed by atoms with Gasteiger partial charge in [-0.3, -0.25) is 14.5 Å². The maximum absolute atomic E-state index is 13.8. The number of ether oxygens (including phenoxy) is 3. The van der Waals surface area contributed by atoms with Gasteiger partial charge in [-0.15, -0.1) is 0 Å². The monoisotopic (exact) mass is 506 g/mol. The van der Waals surface area contributed by atoms with Crippen molar-refractivity contribution in [1.82, 2.24) is 9.80 Å². The molecule has 1 amide bonds. The summed E-state index contributed by atoms with van der Waals surface area (Å²) in [6.45, 7) is 10.9. The number of benzene rings is 2. The molecule has 3 heterocycles. The standard InChI is InChI=1S/C29H34N2O6/c1-4-35-21-9-10-23-24(18-21)37-28-25(27(23)32)26(20-7-5-8-22(17-20)36-19(2)3)31(29(28)33)12-6-11-30-13-15-34-16-14-30/h5,7-10,17-19,26H,4,6,11-16H2,1-3H3. The molecule has 0 N–H and O–H groups in total. The Morgan fingerprint density at radius 3 is 2.59 bits per heavy atom. The largest absolute Gasteiger partial charge is 0.494 e. The van der Waals surface area contributed by atoms with E-state index in [2.05, 4.69) is 4.90 Å². The molecule has 8 nitrogen and oxygen atoms in total. The first kappa shape index (κ1) is 25.3. The fourth-order valence-corrected chi connectivity index (χ4v) is 5.15. The topological polar surface area (TPSA) is 81.5 Å². The van der Waals surface area contributed by atoms with Crippen LogP contribution in [-0.2, 0) is 4.74 Å². The molecule has 8 heteroatoms. The van der Waals surface area contributed by atoms with Crippen LogP contribution in [-0.4, -0.2) is 67.8 Å². The van der Waals surface area contributed by atoms with Gasteiger partial charge >= 0.3 is 0 Å². The van der Waals surface area contributed by atoms with Crippen molar-refractivity contribution in [3.05, 3.63) is 69.6 Å². The number of amides is 1. The molecule has 0 aliphatic carbocycles. The van der Waals surface area contributed by atoms with Crippen LogP contribution in [0.1, 0.15) is 54.9 Å². The Morgan fingerprint density at radius 1 is 1.03 bits per heavy atom. The average molecular weight is 507 g/mol. The first-order valence-corrected chi connectivity index (χ1v) is 13.1. The number of hydrogen-bond donors (Lipinski definition) is 0. The molecule has 2 aromatic carbocycles. The molecule has 1 atom stereocenters. The molecule has 5 rings (SSSR count). The molecular formula is C29H34N2O6. The van der Waals surface area contributed by atoms with E-state index < -0.39 is 6.04 Å². The van der Waals surface area contributed by atoms with Gasteiger partial charge in [-0.2, -0.15) is 0 Å². The summed E-state index contributed by atoms with van der Waals surface area (Å²) >= 11 is 0. The summed E-state index contributed by atoms with van der Waals surface area (Å²) in [5.41, 5.74) is 1.38. The van der Waals surface area contributed by atoms with Gasteiger partial charge in [0.1, 0.15) is 17.1 Å². The minimum atomic E-state index is -0.546. The van der Waals surface area contributed by atoms with Gasteiger partial charge in [-0.05, 0) is 57.0 Å². The van der Waals surface area contributed by atoms with Crippen LogP contribution < -0.4 is 14.9 Å². The summed E-state index contributed by atoms with van der Waals surface area (Å²) in [6.07, 6.45) is 0.784. The summed E-state index contributed by atoms with van der Waals surface area (Å²) < 4.78 is 23.1. The van der Waals surface area contributed by atoms with Gasteiger partial charge in [0.05, 0.1) is 42.9 Å². The average Bonchev–Trinajstić information content (AvgIpc) is 3.16. The van der Waals surface area contributed by atoms with E-state index >= 15 is 0 Å². The molecule has 2 aliphatic rings. The molecule has 37 heavy (non-hydrogen) atoms. The highest BCUT2D eigenvalue weighted by atomic mass is 16.5. The third-order valence-electron chi connectivity index (χ3n) is 6.77. The molecule has 1 unspecified atom stereocenters. The highest BCUT2D eigenvalue weighted by molar-refractivity contribution is 5.99. The van der Waals surface area contributed by atoms with Crippen molar-refractivity contribution in [3.63, 3.8) is 0 Å². The maximum atomic E-state index is 13.8. The Hall–Kier alpha value is -3.36. The Bertz CT molecular complexity index is 1330. The van der Waals surface area contributed by atoms with E-state index in [1.54, 1.807) is 23.1 Å². The molecule has 2 aliphatic heterocycles. The SMILES string of the molecule is CCOc1ccc2c(=O)c3c(oc2c1)C(=O)N(CCCN1CCOCC1)C3c1cccc(OC(C)C)c1. The molecule has 0 radical (unpaired) electrons. The second-order valence-corrected chi connectivity index (χ2v) is 9.71. The van der Waals surface area contributed by atoms with E-state index in [1.807, 2.05) is 45.0 Å². The summed E-state index contributed by atoms with van der Waals surface area (Å²) in [5.74, 6) is 1.14. The van der Waals surface area contributed by atoms with Crippen LogP contribution >= 0.6 is 0 Å². The van der Waals surface area contributed by atoms with Crippen LogP contribution in [0.3, 0.4) is 0 Å². The van der Waals surface area contributed by atoms with E-state index in [-0.39, 0.29) is 23.2 Å². The molecule has 3 aromatic rings. The minimum absolute atomic E-state index is 0.00548. The Balaban J connectivity index is 1.54. The van der Waals surface area contributed by atoms with Crippen molar-refractivity contribution in [2.45, 2.75) is 39.3 Å². The highest BCUT2D eigenvalue weighted by Gasteiger charge is 2.42. The molecule has 0 bridgehead atoms. The zero-order chi connectivity index (χ0) is 25.9. The van der Waals surface area contributed by atoms with E-state index in [0.29, 0.717) is 41.2 Å². The second-order valence-electron chi connectivity index (χ2n) is 9.71. The first-order chi connectivity index (χ1) is 18.0. The molecule has 196 valence electrons. The van der Waals surface area contributed by atoms with E-state index in [9.17, 15) is 9.59 Å². The normalized spacial score (nSPS) is 18.0. The van der Waals surface area contributed by atoms with Gasteiger partial charge in [0.25, 0.3) is 5.91 Å². The third-order valence-corrected chi connectivity index (χ3v) is 6.77. The van der Waals surface area contributed by atoms with Crippen molar-refractivity contribution in [2.24, 2.45) is 0 Å². The maximum Gasteiger partial charge on any atom is 0.290 e. The Morgan fingerprint density at radius 2 is 1.84 bits per heavy atom. The van der Waals surface area contributed by atoms with Gasteiger partial charge in [0.15, 0.2) is 5.43 Å². The van der Waals surface area contributed by atoms with Crippen molar-refractivity contribution in [3.8, 4) is 11.5 Å². The van der Waals surface area contributed by atoms with Crippen molar-refractivity contribution < 1.29 is 23.4 Å². The highest BCUT2D eigenvalue weighted by Crippen LogP contribution is 2.39. The fraction of sp³-hybridized carbons (Fsp3) is 0.448. The number of morpholine rings is 1. The minimum Gasteiger partial charge on any atom is -0.494 e. The number of fused-ring (bicyclic) bond motifs is 2. The Kier molecular flexibility index (Phi) is 7.48. The summed E-state index contributed by atoms with van der Waals surface area (Å²) in [4.78, 5) is 31.7. The van der Waals surface area contributed by atoms with Crippen LogP contribution in [0.5, 0.6) is 11.5 Å². The van der Waals surface area contributed by atoms with Crippen LogP contribution in [0.4, 0.5) is 0 Å². The number of rotatable bonds is 9. The molecular weight excluding hydrogens is 472 g/mol. The quantitative estimate of drug-likeness (QED) is 0.429.